The van der Waals surface area contributed by atoms with Gasteiger partial charge in [0.25, 0.3) is 11.8 Å². The zero-order chi connectivity index (χ0) is 27.9. The van der Waals surface area contributed by atoms with Gasteiger partial charge in [-0.1, -0.05) is 12.0 Å². The summed E-state index contributed by atoms with van der Waals surface area (Å²) in [5.41, 5.74) is 7.97. The molecule has 0 saturated carbocycles. The highest BCUT2D eigenvalue weighted by Gasteiger charge is 2.47. The topological polar surface area (TPSA) is 87.4 Å². The number of aromatic nitrogens is 2. The normalized spacial score (nSPS) is 18.8. The molecule has 1 amide bonds. The summed E-state index contributed by atoms with van der Waals surface area (Å²) in [7, 11) is 2.02. The number of carbonyl (C=O) groups excluding carboxylic acids is 1. The minimum Gasteiger partial charge on any atom is -0.382 e. The summed E-state index contributed by atoms with van der Waals surface area (Å²) in [6, 6.07) is 6.73. The Morgan fingerprint density at radius 2 is 1.87 bits per heavy atom. The largest absolute Gasteiger partial charge is 0.382 e. The molecule has 0 spiro atoms. The fourth-order valence-electron chi connectivity index (χ4n) is 5.03. The van der Waals surface area contributed by atoms with Crippen LogP contribution in [-0.4, -0.2) is 58.9 Å². The van der Waals surface area contributed by atoms with Crippen LogP contribution in [0.1, 0.15) is 56.5 Å². The lowest BCUT2D eigenvalue weighted by atomic mass is 10.0. The van der Waals surface area contributed by atoms with Gasteiger partial charge in [0.15, 0.2) is 0 Å². The Labute approximate surface area is 225 Å². The van der Waals surface area contributed by atoms with Gasteiger partial charge in [-0.15, -0.1) is 0 Å². The number of nitrogens with two attached hydrogens (primary N) is 1. The molecule has 10 heteroatoms. The molecule has 7 nitrogen and oxygen atoms in total. The molecule has 1 aliphatic carbocycles. The van der Waals surface area contributed by atoms with Crippen molar-refractivity contribution in [1.82, 2.24) is 19.8 Å². The maximum atomic E-state index is 15.1. The fourth-order valence-corrected chi connectivity index (χ4v) is 5.03. The number of aryl methyl sites for hydroxylation is 2. The number of nitrogens with one attached hydrogen (secondary N) is 1. The van der Waals surface area contributed by atoms with Crippen LogP contribution in [0.2, 0.25) is 0 Å². The molecular weight excluding hydrogens is 505 g/mol. The lowest BCUT2D eigenvalue weighted by Gasteiger charge is -2.36. The smallest absolute Gasteiger partial charge is 0.275 e. The average molecular weight is 535 g/mol. The first-order valence-corrected chi connectivity index (χ1v) is 12.7. The summed E-state index contributed by atoms with van der Waals surface area (Å²) in [6.45, 7) is 6.48. The Kier molecular flexibility index (Phi) is 7.05. The Morgan fingerprint density at radius 3 is 2.59 bits per heavy atom. The predicted molar refractivity (Wildman–Crippen MR) is 143 cm³/mol. The van der Waals surface area contributed by atoms with Crippen molar-refractivity contribution in [2.75, 3.05) is 44.3 Å². The molecule has 1 aliphatic heterocycles. The average Bonchev–Trinajstić information content (AvgIpc) is 3.16. The summed E-state index contributed by atoms with van der Waals surface area (Å²) in [6.07, 6.45) is 1.13. The van der Waals surface area contributed by atoms with Gasteiger partial charge >= 0.3 is 0 Å². The van der Waals surface area contributed by atoms with Crippen LogP contribution in [0.15, 0.2) is 36.5 Å². The van der Waals surface area contributed by atoms with Crippen molar-refractivity contribution >= 4 is 17.4 Å². The van der Waals surface area contributed by atoms with Gasteiger partial charge in [-0.3, -0.25) is 9.69 Å². The molecule has 5 rings (SSSR count). The zero-order valence-electron chi connectivity index (χ0n) is 22.0. The lowest BCUT2D eigenvalue weighted by Crippen LogP contribution is -2.45. The van der Waals surface area contributed by atoms with Gasteiger partial charge in [-0.05, 0) is 62.2 Å². The number of amides is 1. The number of nitrogens with zero attached hydrogens (tertiary/aromatic N) is 4. The highest BCUT2D eigenvalue weighted by molar-refractivity contribution is 6.04. The van der Waals surface area contributed by atoms with E-state index in [1.807, 2.05) is 7.05 Å². The molecule has 2 aromatic carbocycles. The number of anilines is 2. The second-order valence-corrected chi connectivity index (χ2v) is 10.1. The van der Waals surface area contributed by atoms with Crippen molar-refractivity contribution in [2.24, 2.45) is 0 Å². The molecule has 0 bridgehead atoms. The van der Waals surface area contributed by atoms with Crippen molar-refractivity contribution in [2.45, 2.75) is 32.2 Å². The van der Waals surface area contributed by atoms with Gasteiger partial charge < -0.3 is 16.0 Å². The quantitative estimate of drug-likeness (QED) is 0.489. The van der Waals surface area contributed by atoms with E-state index >= 15 is 8.78 Å². The SMILES string of the molecule is Cc1cc(F)c(C(=O)Nc2ccc3c(c2)C(F)(F)CC3N2CCN(C)CC2)cc1C#Cc1cnc(N)c(C)n1. The van der Waals surface area contributed by atoms with Crippen LogP contribution >= 0.6 is 0 Å². The molecule has 1 atom stereocenters. The van der Waals surface area contributed by atoms with Crippen molar-refractivity contribution in [3.8, 4) is 11.8 Å². The fraction of sp³-hybridized carbons (Fsp3) is 0.345. The van der Waals surface area contributed by atoms with E-state index in [4.69, 9.17) is 5.73 Å². The van der Waals surface area contributed by atoms with Crippen LogP contribution in [0, 0.1) is 31.5 Å². The number of piperazine rings is 1. The molecule has 3 N–H and O–H groups in total. The van der Waals surface area contributed by atoms with E-state index in [0.717, 1.165) is 26.2 Å². The van der Waals surface area contributed by atoms with Crippen LogP contribution in [0.3, 0.4) is 0 Å². The predicted octanol–water partition coefficient (Wildman–Crippen LogP) is 4.25. The summed E-state index contributed by atoms with van der Waals surface area (Å²) in [5, 5.41) is 2.58. The molecule has 39 heavy (non-hydrogen) atoms. The maximum Gasteiger partial charge on any atom is 0.275 e. The number of rotatable bonds is 3. The maximum absolute atomic E-state index is 15.1. The first kappa shape index (κ1) is 26.7. The Balaban J connectivity index is 1.38. The number of halogens is 3. The number of hydrogen-bond donors (Lipinski definition) is 2. The van der Waals surface area contributed by atoms with Gasteiger partial charge in [0, 0.05) is 55.5 Å². The number of alkyl halides is 2. The Hall–Kier alpha value is -3.94. The van der Waals surface area contributed by atoms with E-state index in [-0.39, 0.29) is 29.3 Å². The molecule has 0 radical (unpaired) electrons. The molecule has 202 valence electrons. The van der Waals surface area contributed by atoms with Crippen molar-refractivity contribution < 1.29 is 18.0 Å². The van der Waals surface area contributed by atoms with Crippen LogP contribution in [-0.2, 0) is 5.92 Å². The van der Waals surface area contributed by atoms with Crippen LogP contribution < -0.4 is 11.1 Å². The van der Waals surface area contributed by atoms with Gasteiger partial charge in [0.1, 0.15) is 17.3 Å². The van der Waals surface area contributed by atoms with Crippen LogP contribution in [0.5, 0.6) is 0 Å². The standard InChI is InChI=1S/C29H29F3N6O/c1-17-12-25(30)23(13-19(17)4-5-21-16-34-27(33)18(2)35-21)28(39)36-20-6-7-22-24(14-20)29(31,32)15-26(22)38-10-8-37(3)9-11-38/h6-7,12-14,16,26H,8-11,15H2,1-3H3,(H2,33,34)(H,36,39). The molecule has 1 unspecified atom stereocenters. The Bertz CT molecular complexity index is 1500. The van der Waals surface area contributed by atoms with E-state index in [1.54, 1.807) is 26.0 Å². The second kappa shape index (κ2) is 10.3. The summed E-state index contributed by atoms with van der Waals surface area (Å²) in [5.74, 6) is 1.54. The number of hydrogen-bond acceptors (Lipinski definition) is 6. The molecule has 2 heterocycles. The summed E-state index contributed by atoms with van der Waals surface area (Å²) in [4.78, 5) is 25.6. The van der Waals surface area contributed by atoms with Crippen LogP contribution in [0.25, 0.3) is 0 Å². The van der Waals surface area contributed by atoms with Crippen molar-refractivity contribution in [3.63, 3.8) is 0 Å². The lowest BCUT2D eigenvalue weighted by molar-refractivity contribution is -0.0257. The Morgan fingerprint density at radius 1 is 1.13 bits per heavy atom. The molecular formula is C29H29F3N6O. The number of likely N-dealkylation sites (N-methyl/N-ethyl adjacent to an activating group) is 1. The molecule has 1 aromatic heterocycles. The molecule has 2 aliphatic rings. The highest BCUT2D eigenvalue weighted by Crippen LogP contribution is 2.50. The summed E-state index contributed by atoms with van der Waals surface area (Å²) < 4.78 is 44.9. The highest BCUT2D eigenvalue weighted by atomic mass is 19.3. The first-order valence-electron chi connectivity index (χ1n) is 12.7. The number of fused-ring (bicyclic) bond motifs is 1. The van der Waals surface area contributed by atoms with Gasteiger partial charge in [-0.25, -0.2) is 23.1 Å². The van der Waals surface area contributed by atoms with Crippen molar-refractivity contribution in [1.29, 1.82) is 0 Å². The van der Waals surface area contributed by atoms with Crippen LogP contribution in [0.4, 0.5) is 24.7 Å². The van der Waals surface area contributed by atoms with E-state index < -0.39 is 17.6 Å². The third-order valence-electron chi connectivity index (χ3n) is 7.36. The number of carbonyl (C=O) groups is 1. The third-order valence-corrected chi connectivity index (χ3v) is 7.36. The second-order valence-electron chi connectivity index (χ2n) is 10.1. The minimum absolute atomic E-state index is 0.0972. The first-order chi connectivity index (χ1) is 18.5. The van der Waals surface area contributed by atoms with E-state index in [0.29, 0.717) is 33.9 Å². The van der Waals surface area contributed by atoms with Gasteiger partial charge in [-0.2, -0.15) is 0 Å². The van der Waals surface area contributed by atoms with Gasteiger partial charge in [0.2, 0.25) is 0 Å². The molecule has 1 saturated heterocycles. The third kappa shape index (κ3) is 5.46. The summed E-state index contributed by atoms with van der Waals surface area (Å²) >= 11 is 0. The van der Waals surface area contributed by atoms with E-state index in [2.05, 4.69) is 36.9 Å². The monoisotopic (exact) mass is 534 g/mol. The van der Waals surface area contributed by atoms with E-state index in [9.17, 15) is 9.18 Å². The van der Waals surface area contributed by atoms with Crippen molar-refractivity contribution in [3.05, 3.63) is 81.6 Å². The van der Waals surface area contributed by atoms with Gasteiger partial charge in [0.05, 0.1) is 17.5 Å². The number of benzene rings is 2. The minimum atomic E-state index is -3.02. The molecule has 1 fully saturated rings. The number of nitrogen functional groups attached to an aromatic ring is 1. The molecule has 3 aromatic rings. The van der Waals surface area contributed by atoms with E-state index in [1.165, 1.54) is 24.4 Å². The zero-order valence-corrected chi connectivity index (χ0v) is 22.0.